The number of carboxylic acids is 1. The van der Waals surface area contributed by atoms with Gasteiger partial charge in [-0.15, -0.1) is 0 Å². The van der Waals surface area contributed by atoms with Crippen LogP contribution in [0.2, 0.25) is 0 Å². The smallest absolute Gasteiger partial charge is 0.323 e. The van der Waals surface area contributed by atoms with E-state index in [0.717, 1.165) is 0 Å². The first-order valence-corrected chi connectivity index (χ1v) is 8.64. The lowest BCUT2D eigenvalue weighted by Gasteiger charge is -2.32. The Morgan fingerprint density at radius 2 is 2.18 bits per heavy atom. The van der Waals surface area contributed by atoms with Crippen molar-refractivity contribution in [1.29, 1.82) is 0 Å². The van der Waals surface area contributed by atoms with Gasteiger partial charge in [-0.05, 0) is 30.3 Å². The molecule has 2 aromatic heterocycles. The van der Waals surface area contributed by atoms with Crippen molar-refractivity contribution in [2.24, 2.45) is 0 Å². The third-order valence-corrected chi connectivity index (χ3v) is 4.57. The minimum Gasteiger partial charge on any atom is -0.497 e. The lowest BCUT2D eigenvalue weighted by Crippen LogP contribution is -2.43. The van der Waals surface area contributed by atoms with Crippen LogP contribution in [-0.2, 0) is 11.2 Å². The first kappa shape index (κ1) is 17.7. The number of methoxy groups -OCH3 is 1. The molecule has 8 heteroatoms. The summed E-state index contributed by atoms with van der Waals surface area (Å²) < 4.78 is 10.9. The first-order chi connectivity index (χ1) is 13.6. The maximum absolute atomic E-state index is 13.0. The van der Waals surface area contributed by atoms with E-state index in [1.807, 2.05) is 0 Å². The molecule has 0 aliphatic carbocycles. The average molecular weight is 379 g/mol. The van der Waals surface area contributed by atoms with Crippen molar-refractivity contribution < 1.29 is 23.8 Å². The summed E-state index contributed by atoms with van der Waals surface area (Å²) in [5.41, 5.74) is 1.76. The van der Waals surface area contributed by atoms with Crippen LogP contribution in [0, 0.1) is 0 Å². The average Bonchev–Trinajstić information content (AvgIpc) is 3.15. The maximum Gasteiger partial charge on any atom is 0.323 e. The predicted molar refractivity (Wildman–Crippen MR) is 97.8 cm³/mol. The van der Waals surface area contributed by atoms with Gasteiger partial charge in [0.2, 0.25) is 11.7 Å². The topological polar surface area (TPSA) is 106 Å². The number of hydrogen-bond acceptors (Lipinski definition) is 6. The number of rotatable bonds is 5. The van der Waals surface area contributed by atoms with Gasteiger partial charge in [0.15, 0.2) is 0 Å². The highest BCUT2D eigenvalue weighted by Gasteiger charge is 2.39. The molecule has 1 aromatic carbocycles. The van der Waals surface area contributed by atoms with Gasteiger partial charge in [-0.1, -0.05) is 12.1 Å². The molecule has 3 aromatic rings. The van der Waals surface area contributed by atoms with Gasteiger partial charge in [0.25, 0.3) is 5.91 Å². The van der Waals surface area contributed by atoms with Gasteiger partial charge in [-0.3, -0.25) is 14.6 Å². The maximum atomic E-state index is 13.0. The van der Waals surface area contributed by atoms with Gasteiger partial charge in [0.1, 0.15) is 12.3 Å². The molecule has 4 rings (SSSR count). The zero-order valence-corrected chi connectivity index (χ0v) is 15.0. The fourth-order valence-electron chi connectivity index (χ4n) is 3.27. The van der Waals surface area contributed by atoms with Crippen LogP contribution in [0.3, 0.4) is 0 Å². The number of hydrogen-bond donors (Lipinski definition) is 1. The number of aliphatic carboxylic acids is 1. The van der Waals surface area contributed by atoms with Gasteiger partial charge in [-0.25, -0.2) is 4.98 Å². The molecule has 1 aliphatic rings. The lowest BCUT2D eigenvalue weighted by atomic mass is 9.99. The minimum atomic E-state index is -1.11. The molecule has 8 nitrogen and oxygen atoms in total. The highest BCUT2D eigenvalue weighted by molar-refractivity contribution is 5.96. The molecule has 0 bridgehead atoms. The number of fused-ring (bicyclic) bond motifs is 1. The number of amides is 1. The first-order valence-electron chi connectivity index (χ1n) is 8.64. The largest absolute Gasteiger partial charge is 0.497 e. The summed E-state index contributed by atoms with van der Waals surface area (Å²) in [5.74, 6) is -0.634. The Morgan fingerprint density at radius 3 is 2.89 bits per heavy atom. The molecule has 142 valence electrons. The SMILES string of the molecule is COc1cccc(-c2nc3c(o2)C(=O)N(CC(=O)O)C(c2ccccn2)C3)c1. The van der Waals surface area contributed by atoms with Crippen LogP contribution < -0.4 is 4.74 Å². The van der Waals surface area contributed by atoms with Crippen molar-refractivity contribution in [1.82, 2.24) is 14.9 Å². The number of carbonyl (C=O) groups excluding carboxylic acids is 1. The molecule has 1 N–H and O–H groups in total. The highest BCUT2D eigenvalue weighted by atomic mass is 16.5. The molecular formula is C20H17N3O5. The second-order valence-corrected chi connectivity index (χ2v) is 6.33. The summed E-state index contributed by atoms with van der Waals surface area (Å²) in [6.07, 6.45) is 1.93. The second-order valence-electron chi connectivity index (χ2n) is 6.33. The molecule has 0 radical (unpaired) electrons. The molecule has 0 saturated heterocycles. The summed E-state index contributed by atoms with van der Waals surface area (Å²) in [4.78, 5) is 34.3. The molecule has 1 unspecified atom stereocenters. The van der Waals surface area contributed by atoms with Crippen molar-refractivity contribution in [3.8, 4) is 17.2 Å². The third-order valence-electron chi connectivity index (χ3n) is 4.57. The van der Waals surface area contributed by atoms with E-state index < -0.39 is 24.5 Å². The number of oxazole rings is 1. The van der Waals surface area contributed by atoms with Crippen LogP contribution in [0.4, 0.5) is 0 Å². The Kier molecular flexibility index (Phi) is 4.52. The van der Waals surface area contributed by atoms with Crippen molar-refractivity contribution in [3.05, 3.63) is 65.8 Å². The summed E-state index contributed by atoms with van der Waals surface area (Å²) in [6.45, 7) is -0.450. The zero-order valence-electron chi connectivity index (χ0n) is 15.0. The van der Waals surface area contributed by atoms with Crippen molar-refractivity contribution in [2.75, 3.05) is 13.7 Å². The van der Waals surface area contributed by atoms with Gasteiger partial charge >= 0.3 is 5.97 Å². The van der Waals surface area contributed by atoms with Crippen LogP contribution in [0.1, 0.15) is 28.0 Å². The fourth-order valence-corrected chi connectivity index (χ4v) is 3.27. The Labute approximate surface area is 160 Å². The highest BCUT2D eigenvalue weighted by Crippen LogP contribution is 2.35. The van der Waals surface area contributed by atoms with Crippen LogP contribution >= 0.6 is 0 Å². The summed E-state index contributed by atoms with van der Waals surface area (Å²) in [7, 11) is 1.56. The Balaban J connectivity index is 1.75. The molecule has 1 aliphatic heterocycles. The van der Waals surface area contributed by atoms with E-state index in [4.69, 9.17) is 9.15 Å². The van der Waals surface area contributed by atoms with Crippen molar-refractivity contribution >= 4 is 11.9 Å². The number of ether oxygens (including phenoxy) is 1. The Morgan fingerprint density at radius 1 is 1.32 bits per heavy atom. The van der Waals surface area contributed by atoms with E-state index in [0.29, 0.717) is 29.1 Å². The van der Waals surface area contributed by atoms with E-state index in [1.54, 1.807) is 55.8 Å². The monoisotopic (exact) mass is 379 g/mol. The summed E-state index contributed by atoms with van der Waals surface area (Å²) >= 11 is 0. The normalized spacial score (nSPS) is 16.0. The van der Waals surface area contributed by atoms with Gasteiger partial charge < -0.3 is 19.2 Å². The molecule has 0 spiro atoms. The standard InChI is InChI=1S/C20H17N3O5/c1-27-13-6-4-5-12(9-13)19-22-15-10-16(14-7-2-3-8-21-14)23(11-17(24)25)20(26)18(15)28-19/h2-9,16H,10-11H2,1H3,(H,24,25). The lowest BCUT2D eigenvalue weighted by molar-refractivity contribution is -0.138. The molecule has 0 fully saturated rings. The molecule has 0 saturated carbocycles. The Bertz CT molecular complexity index is 1030. The van der Waals surface area contributed by atoms with Crippen molar-refractivity contribution in [2.45, 2.75) is 12.5 Å². The minimum absolute atomic E-state index is 0.0613. The van der Waals surface area contributed by atoms with Gasteiger partial charge in [0, 0.05) is 18.2 Å². The van der Waals surface area contributed by atoms with E-state index >= 15 is 0 Å². The summed E-state index contributed by atoms with van der Waals surface area (Å²) in [5, 5.41) is 9.26. The number of aromatic nitrogens is 2. The fraction of sp³-hybridized carbons (Fsp3) is 0.200. The molecule has 28 heavy (non-hydrogen) atoms. The molecular weight excluding hydrogens is 362 g/mol. The molecule has 1 atom stereocenters. The van der Waals surface area contributed by atoms with Crippen LogP contribution in [-0.4, -0.2) is 45.5 Å². The zero-order chi connectivity index (χ0) is 19.7. The van der Waals surface area contributed by atoms with Crippen LogP contribution in [0.15, 0.2) is 53.1 Å². The van der Waals surface area contributed by atoms with Gasteiger partial charge in [0.05, 0.1) is 24.5 Å². The van der Waals surface area contributed by atoms with Gasteiger partial charge in [-0.2, -0.15) is 0 Å². The summed E-state index contributed by atoms with van der Waals surface area (Å²) in [6, 6.07) is 11.9. The number of nitrogens with zero attached hydrogens (tertiary/aromatic N) is 3. The van der Waals surface area contributed by atoms with E-state index in [9.17, 15) is 14.7 Å². The Hall–Kier alpha value is -3.68. The van der Waals surface area contributed by atoms with Crippen LogP contribution in [0.5, 0.6) is 5.75 Å². The van der Waals surface area contributed by atoms with Crippen molar-refractivity contribution in [3.63, 3.8) is 0 Å². The predicted octanol–water partition coefficient (Wildman–Crippen LogP) is 2.57. The molecule has 1 amide bonds. The third kappa shape index (κ3) is 3.20. The number of pyridine rings is 1. The number of benzene rings is 1. The molecule has 3 heterocycles. The number of carbonyl (C=O) groups is 2. The van der Waals surface area contributed by atoms with E-state index in [-0.39, 0.29) is 11.7 Å². The quantitative estimate of drug-likeness (QED) is 0.726. The van der Waals surface area contributed by atoms with E-state index in [1.165, 1.54) is 4.90 Å². The van der Waals surface area contributed by atoms with Crippen LogP contribution in [0.25, 0.3) is 11.5 Å². The van der Waals surface area contributed by atoms with E-state index in [2.05, 4.69) is 9.97 Å². The number of carboxylic acid groups (broad SMARTS) is 1. The second kappa shape index (κ2) is 7.15.